The molecular formula is C27H26F2N6O3. The fraction of sp³-hybridized carbons (Fsp3) is 0.259. The van der Waals surface area contributed by atoms with Crippen molar-refractivity contribution in [3.05, 3.63) is 77.2 Å². The fourth-order valence-electron chi connectivity index (χ4n) is 3.76. The van der Waals surface area contributed by atoms with Gasteiger partial charge in [0.05, 0.1) is 18.3 Å². The van der Waals surface area contributed by atoms with Gasteiger partial charge in [-0.15, -0.1) is 10.2 Å². The Morgan fingerprint density at radius 2 is 1.92 bits per heavy atom. The Morgan fingerprint density at radius 3 is 2.61 bits per heavy atom. The molecule has 11 heteroatoms. The van der Waals surface area contributed by atoms with Gasteiger partial charge in [-0.3, -0.25) is 9.72 Å². The molecule has 0 aliphatic rings. The Labute approximate surface area is 217 Å². The van der Waals surface area contributed by atoms with Crippen LogP contribution >= 0.6 is 0 Å². The minimum atomic E-state index is -1.23. The van der Waals surface area contributed by atoms with E-state index in [9.17, 15) is 18.7 Å². The first-order valence-electron chi connectivity index (χ1n) is 11.8. The van der Waals surface area contributed by atoms with Crippen LogP contribution in [0.2, 0.25) is 0 Å². The molecule has 0 radical (unpaired) electrons. The summed E-state index contributed by atoms with van der Waals surface area (Å²) in [4.78, 5) is 16.5. The average molecular weight is 521 g/mol. The largest absolute Gasteiger partial charge is 0.450 e. The summed E-state index contributed by atoms with van der Waals surface area (Å²) >= 11 is 0. The third kappa shape index (κ3) is 6.47. The summed E-state index contributed by atoms with van der Waals surface area (Å²) < 4.78 is 34.1. The third-order valence-electron chi connectivity index (χ3n) is 5.35. The van der Waals surface area contributed by atoms with E-state index >= 15 is 0 Å². The number of halogens is 2. The molecule has 4 aromatic rings. The number of carbonyl (C=O) groups excluding carboxylic acids is 1. The number of hydrogen-bond acceptors (Lipinski definition) is 7. The quantitative estimate of drug-likeness (QED) is 0.328. The number of amides is 1. The van der Waals surface area contributed by atoms with E-state index in [4.69, 9.17) is 10.5 Å². The summed E-state index contributed by atoms with van der Waals surface area (Å²) in [5.41, 5.74) is 8.21. The van der Waals surface area contributed by atoms with Gasteiger partial charge in [-0.2, -0.15) is 0 Å². The van der Waals surface area contributed by atoms with Crippen LogP contribution in [0.5, 0.6) is 0 Å². The van der Waals surface area contributed by atoms with E-state index in [0.717, 1.165) is 6.07 Å². The maximum absolute atomic E-state index is 13.8. The van der Waals surface area contributed by atoms with Gasteiger partial charge in [0, 0.05) is 23.4 Å². The molecule has 0 aliphatic heterocycles. The number of ether oxygens (including phenoxy) is 1. The van der Waals surface area contributed by atoms with Gasteiger partial charge in [-0.1, -0.05) is 5.92 Å². The minimum absolute atomic E-state index is 0.0988. The van der Waals surface area contributed by atoms with Crippen LogP contribution in [0.4, 0.5) is 19.5 Å². The van der Waals surface area contributed by atoms with Crippen LogP contribution in [0.25, 0.3) is 16.8 Å². The van der Waals surface area contributed by atoms with E-state index in [2.05, 4.69) is 32.3 Å². The number of nitrogens with one attached hydrogen (secondary N) is 1. The molecule has 3 aromatic heterocycles. The van der Waals surface area contributed by atoms with E-state index < -0.39 is 29.4 Å². The SMILES string of the molecule is CCOC(=O)Nc1nnc2ccc(-c3ccc(C#CC(C)(C)O)nc3[C@@H](N)Cc3cc(F)cc(F)c3)cn12. The molecule has 3 heterocycles. The van der Waals surface area contributed by atoms with Gasteiger partial charge in [0.15, 0.2) is 5.65 Å². The van der Waals surface area contributed by atoms with Crippen molar-refractivity contribution in [3.63, 3.8) is 0 Å². The molecule has 0 saturated heterocycles. The molecule has 1 aromatic carbocycles. The molecule has 0 bridgehead atoms. The smallest absolute Gasteiger partial charge is 0.414 e. The molecule has 196 valence electrons. The number of rotatable bonds is 6. The second kappa shape index (κ2) is 10.9. The number of aromatic nitrogens is 4. The lowest BCUT2D eigenvalue weighted by molar-refractivity contribution is 0.143. The van der Waals surface area contributed by atoms with E-state index in [-0.39, 0.29) is 19.0 Å². The molecule has 1 atom stereocenters. The zero-order valence-corrected chi connectivity index (χ0v) is 21.0. The number of hydrogen-bond donors (Lipinski definition) is 3. The topological polar surface area (TPSA) is 128 Å². The van der Waals surface area contributed by atoms with Gasteiger partial charge in [0.1, 0.15) is 22.9 Å². The van der Waals surface area contributed by atoms with Crippen LogP contribution < -0.4 is 11.1 Å². The van der Waals surface area contributed by atoms with Crippen molar-refractivity contribution in [1.82, 2.24) is 19.6 Å². The highest BCUT2D eigenvalue weighted by atomic mass is 19.1. The molecule has 4 N–H and O–H groups in total. The molecule has 9 nitrogen and oxygen atoms in total. The van der Waals surface area contributed by atoms with Crippen molar-refractivity contribution >= 4 is 17.7 Å². The van der Waals surface area contributed by atoms with Crippen LogP contribution in [-0.4, -0.2) is 43.0 Å². The standard InChI is InChI=1S/C27H26F2N6O3/c1-4-38-26(36)32-25-34-33-23-8-5-17(15-35(23)25)21-7-6-20(9-10-27(2,3)37)31-24(21)22(30)13-16-11-18(28)14-19(29)12-16/h5-8,11-12,14-15,22,37H,4,13,30H2,1-3H3,(H,32,34,36)/t22-/m0/s1. The highest BCUT2D eigenvalue weighted by Crippen LogP contribution is 2.29. The summed E-state index contributed by atoms with van der Waals surface area (Å²) in [6.07, 6.45) is 1.13. The monoisotopic (exact) mass is 520 g/mol. The highest BCUT2D eigenvalue weighted by Gasteiger charge is 2.19. The van der Waals surface area contributed by atoms with Gasteiger partial charge >= 0.3 is 6.09 Å². The molecule has 0 saturated carbocycles. The van der Waals surface area contributed by atoms with Crippen molar-refractivity contribution in [1.29, 1.82) is 0 Å². The van der Waals surface area contributed by atoms with E-state index in [1.807, 2.05) is 0 Å². The first kappa shape index (κ1) is 26.7. The second-order valence-corrected chi connectivity index (χ2v) is 9.04. The van der Waals surface area contributed by atoms with E-state index in [1.165, 1.54) is 12.1 Å². The van der Waals surface area contributed by atoms with Gasteiger partial charge < -0.3 is 15.6 Å². The van der Waals surface area contributed by atoms with Crippen LogP contribution in [-0.2, 0) is 11.2 Å². The number of aliphatic hydroxyl groups is 1. The first-order chi connectivity index (χ1) is 18.0. The Hall–Kier alpha value is -4.40. The predicted octanol–water partition coefficient (Wildman–Crippen LogP) is 4.00. The van der Waals surface area contributed by atoms with Gasteiger partial charge in [0.25, 0.3) is 0 Å². The Kier molecular flexibility index (Phi) is 7.66. The summed E-state index contributed by atoms with van der Waals surface area (Å²) in [6, 6.07) is 9.42. The molecule has 0 spiro atoms. The van der Waals surface area contributed by atoms with Crippen molar-refractivity contribution in [2.24, 2.45) is 5.73 Å². The minimum Gasteiger partial charge on any atom is -0.450 e. The molecule has 38 heavy (non-hydrogen) atoms. The summed E-state index contributed by atoms with van der Waals surface area (Å²) in [7, 11) is 0. The van der Waals surface area contributed by atoms with E-state index in [1.54, 1.807) is 55.6 Å². The van der Waals surface area contributed by atoms with Crippen molar-refractivity contribution in [3.8, 4) is 23.0 Å². The Balaban J connectivity index is 1.78. The van der Waals surface area contributed by atoms with Crippen molar-refractivity contribution < 1.29 is 23.4 Å². The molecule has 0 aliphatic carbocycles. The number of nitrogens with zero attached hydrogens (tertiary/aromatic N) is 4. The van der Waals surface area contributed by atoms with Crippen molar-refractivity contribution in [2.75, 3.05) is 11.9 Å². The van der Waals surface area contributed by atoms with Crippen molar-refractivity contribution in [2.45, 2.75) is 38.8 Å². The van der Waals surface area contributed by atoms with Crippen LogP contribution in [0.1, 0.15) is 43.8 Å². The second-order valence-electron chi connectivity index (χ2n) is 9.04. The molecular weight excluding hydrogens is 494 g/mol. The maximum Gasteiger partial charge on any atom is 0.414 e. The van der Waals surface area contributed by atoms with E-state index in [0.29, 0.717) is 33.7 Å². The molecule has 0 unspecified atom stereocenters. The lowest BCUT2D eigenvalue weighted by atomic mass is 9.96. The van der Waals surface area contributed by atoms with Gasteiger partial charge in [0.2, 0.25) is 5.95 Å². The number of fused-ring (bicyclic) bond motifs is 1. The third-order valence-corrected chi connectivity index (χ3v) is 5.35. The van der Waals surface area contributed by atoms with Crippen LogP contribution in [0, 0.1) is 23.5 Å². The van der Waals surface area contributed by atoms with Crippen LogP contribution in [0.15, 0.2) is 48.7 Å². The molecule has 0 fully saturated rings. The molecule has 4 rings (SSSR count). The summed E-state index contributed by atoms with van der Waals surface area (Å²) in [5, 5.41) is 20.6. The van der Waals surface area contributed by atoms with Gasteiger partial charge in [-0.05, 0) is 75.1 Å². The number of anilines is 1. The number of nitrogens with two attached hydrogens (primary N) is 1. The maximum atomic E-state index is 13.8. The predicted molar refractivity (Wildman–Crippen MR) is 137 cm³/mol. The fourth-order valence-corrected chi connectivity index (χ4v) is 3.76. The molecule has 1 amide bonds. The first-order valence-corrected chi connectivity index (χ1v) is 11.8. The number of benzene rings is 1. The summed E-state index contributed by atoms with van der Waals surface area (Å²) in [6.45, 7) is 4.98. The number of pyridine rings is 2. The Morgan fingerprint density at radius 1 is 1.18 bits per heavy atom. The Bertz CT molecular complexity index is 1530. The number of carbonyl (C=O) groups is 1. The summed E-state index contributed by atoms with van der Waals surface area (Å²) in [5.74, 6) is 4.30. The average Bonchev–Trinajstić information content (AvgIpc) is 3.23. The zero-order valence-electron chi connectivity index (χ0n) is 21.0. The zero-order chi connectivity index (χ0) is 27.4. The highest BCUT2D eigenvalue weighted by molar-refractivity contribution is 5.83. The van der Waals surface area contributed by atoms with Gasteiger partial charge in [-0.25, -0.2) is 18.6 Å². The lowest BCUT2D eigenvalue weighted by Gasteiger charge is -2.17. The van der Waals surface area contributed by atoms with Crippen LogP contribution in [0.3, 0.4) is 0 Å². The normalized spacial score (nSPS) is 12.1. The lowest BCUT2D eigenvalue weighted by Crippen LogP contribution is -2.18.